The summed E-state index contributed by atoms with van der Waals surface area (Å²) in [5.41, 5.74) is -0.896. The summed E-state index contributed by atoms with van der Waals surface area (Å²) in [5.74, 6) is -2.11. The molecule has 31 heavy (non-hydrogen) atoms. The van der Waals surface area contributed by atoms with E-state index < -0.39 is 33.1 Å². The van der Waals surface area contributed by atoms with Crippen LogP contribution in [0, 0.1) is 12.7 Å². The van der Waals surface area contributed by atoms with Gasteiger partial charge in [-0.05, 0) is 49.4 Å². The lowest BCUT2D eigenvalue weighted by atomic mass is 9.87. The number of para-hydroxylation sites is 1. The zero-order valence-corrected chi connectivity index (χ0v) is 17.5. The summed E-state index contributed by atoms with van der Waals surface area (Å²) in [4.78, 5) is 28.5. The van der Waals surface area contributed by atoms with Gasteiger partial charge < -0.3 is 4.90 Å². The number of nitrogens with zero attached hydrogens (tertiary/aromatic N) is 2. The van der Waals surface area contributed by atoms with Crippen LogP contribution in [0.1, 0.15) is 21.5 Å². The molecule has 0 bridgehead atoms. The van der Waals surface area contributed by atoms with Crippen LogP contribution in [-0.2, 0) is 20.4 Å². The van der Waals surface area contributed by atoms with Crippen molar-refractivity contribution in [2.75, 3.05) is 16.3 Å². The number of ketones is 1. The zero-order valence-electron chi connectivity index (χ0n) is 16.7. The average molecular weight is 436 g/mol. The summed E-state index contributed by atoms with van der Waals surface area (Å²) in [6, 6.07) is 15.9. The van der Waals surface area contributed by atoms with Crippen LogP contribution < -0.4 is 9.21 Å². The highest BCUT2D eigenvalue weighted by molar-refractivity contribution is 7.93. The van der Waals surface area contributed by atoms with Gasteiger partial charge in [-0.1, -0.05) is 29.8 Å². The number of halogens is 1. The molecule has 5 rings (SSSR count). The lowest BCUT2D eigenvalue weighted by Gasteiger charge is -2.33. The van der Waals surface area contributed by atoms with Crippen LogP contribution in [0.3, 0.4) is 0 Å². The van der Waals surface area contributed by atoms with Gasteiger partial charge in [0, 0.05) is 18.2 Å². The molecule has 0 aliphatic carbocycles. The van der Waals surface area contributed by atoms with Crippen molar-refractivity contribution in [1.29, 1.82) is 0 Å². The van der Waals surface area contributed by atoms with E-state index in [0.29, 0.717) is 0 Å². The summed E-state index contributed by atoms with van der Waals surface area (Å²) in [7, 11) is -2.92. The molecule has 1 spiro atoms. The Morgan fingerprint density at radius 3 is 2.29 bits per heavy atom. The third-order valence-electron chi connectivity index (χ3n) is 5.88. The van der Waals surface area contributed by atoms with Gasteiger partial charge in [0.05, 0.1) is 16.3 Å². The summed E-state index contributed by atoms with van der Waals surface area (Å²) >= 11 is 0. The number of rotatable bonds is 2. The maximum atomic E-state index is 14.3. The number of carbonyl (C=O) groups excluding carboxylic acids is 2. The number of carbonyl (C=O) groups is 2. The Morgan fingerprint density at radius 2 is 1.58 bits per heavy atom. The van der Waals surface area contributed by atoms with Crippen molar-refractivity contribution in [2.24, 2.45) is 0 Å². The lowest BCUT2D eigenvalue weighted by molar-refractivity contribution is -0.120. The quantitative estimate of drug-likeness (QED) is 0.577. The Balaban J connectivity index is 1.88. The van der Waals surface area contributed by atoms with Gasteiger partial charge in [-0.15, -0.1) is 0 Å². The van der Waals surface area contributed by atoms with Crippen LogP contribution in [0.5, 0.6) is 0 Å². The summed E-state index contributed by atoms with van der Waals surface area (Å²) in [6.07, 6.45) is 0. The molecule has 0 radical (unpaired) electrons. The zero-order chi connectivity index (χ0) is 22.1. The smallest absolute Gasteiger partial charge is 0.266 e. The molecular weight excluding hydrogens is 419 g/mol. The molecule has 6 nitrogen and oxygen atoms in total. The van der Waals surface area contributed by atoms with Crippen LogP contribution >= 0.6 is 0 Å². The van der Waals surface area contributed by atoms with Crippen LogP contribution in [0.15, 0.2) is 71.6 Å². The molecule has 1 atom stereocenters. The molecule has 3 aromatic rings. The minimum Gasteiger partial charge on any atom is -0.312 e. The largest absolute Gasteiger partial charge is 0.312 e. The monoisotopic (exact) mass is 436 g/mol. The van der Waals surface area contributed by atoms with E-state index in [9.17, 15) is 22.4 Å². The first-order valence-corrected chi connectivity index (χ1v) is 11.0. The Morgan fingerprint density at radius 1 is 0.903 bits per heavy atom. The van der Waals surface area contributed by atoms with Gasteiger partial charge in [-0.2, -0.15) is 0 Å². The molecule has 2 aliphatic heterocycles. The number of aryl methyl sites for hydroxylation is 1. The van der Waals surface area contributed by atoms with Crippen molar-refractivity contribution in [2.45, 2.75) is 17.4 Å². The van der Waals surface area contributed by atoms with Crippen LogP contribution in [0.4, 0.5) is 15.8 Å². The summed E-state index contributed by atoms with van der Waals surface area (Å²) in [6.45, 7) is 1.82. The van der Waals surface area contributed by atoms with Crippen LogP contribution in [-0.4, -0.2) is 27.2 Å². The van der Waals surface area contributed by atoms with Gasteiger partial charge in [0.2, 0.25) is 11.3 Å². The summed E-state index contributed by atoms with van der Waals surface area (Å²) in [5, 5.41) is 0. The number of hydrogen-bond acceptors (Lipinski definition) is 4. The Labute approximate surface area is 178 Å². The maximum absolute atomic E-state index is 14.3. The molecule has 156 valence electrons. The molecular formula is C23H17FN2O4S. The third-order valence-corrected chi connectivity index (χ3v) is 7.70. The standard InChI is InChI=1S/C23H17FN2O4S/c1-14-7-10-16(11-8-14)31(29,30)26-19-6-4-3-5-17(19)21(27)23(26)18-13-15(24)9-12-20(18)25(2)22(23)28/h3-13H,1-2H3. The highest BCUT2D eigenvalue weighted by Crippen LogP contribution is 2.54. The fourth-order valence-electron chi connectivity index (χ4n) is 4.41. The lowest BCUT2D eigenvalue weighted by Crippen LogP contribution is -2.56. The van der Waals surface area contributed by atoms with Crippen molar-refractivity contribution < 1.29 is 22.4 Å². The van der Waals surface area contributed by atoms with Crippen molar-refractivity contribution >= 4 is 33.1 Å². The van der Waals surface area contributed by atoms with E-state index in [1.165, 1.54) is 48.3 Å². The first-order valence-electron chi connectivity index (χ1n) is 9.55. The molecule has 2 heterocycles. The number of Topliss-reactive ketones (excluding diaryl/α,β-unsaturated/α-hetero) is 1. The Bertz CT molecular complexity index is 1380. The predicted octanol–water partition coefficient (Wildman–Crippen LogP) is 3.40. The minimum absolute atomic E-state index is 0.0110. The molecule has 1 amide bonds. The van der Waals surface area contributed by atoms with E-state index in [2.05, 4.69) is 0 Å². The number of likely N-dealkylation sites (N-methyl/N-ethyl adjacent to an activating group) is 1. The average Bonchev–Trinajstić information content (AvgIpc) is 3.14. The first-order chi connectivity index (χ1) is 14.7. The maximum Gasteiger partial charge on any atom is 0.266 e. The van der Waals surface area contributed by atoms with Gasteiger partial charge in [0.1, 0.15) is 5.82 Å². The Kier molecular flexibility index (Phi) is 3.92. The van der Waals surface area contributed by atoms with Crippen LogP contribution in [0.25, 0.3) is 0 Å². The third kappa shape index (κ3) is 2.33. The second-order valence-electron chi connectivity index (χ2n) is 7.66. The molecule has 1 unspecified atom stereocenters. The van der Waals surface area contributed by atoms with Crippen molar-refractivity contribution in [1.82, 2.24) is 0 Å². The predicted molar refractivity (Wildman–Crippen MR) is 113 cm³/mol. The number of benzene rings is 3. The van der Waals surface area contributed by atoms with Gasteiger partial charge in [0.15, 0.2) is 0 Å². The van der Waals surface area contributed by atoms with Crippen molar-refractivity contribution in [3.8, 4) is 0 Å². The van der Waals surface area contributed by atoms with E-state index in [-0.39, 0.29) is 27.4 Å². The molecule has 0 N–H and O–H groups in total. The van der Waals surface area contributed by atoms with E-state index in [1.54, 1.807) is 24.3 Å². The van der Waals surface area contributed by atoms with E-state index >= 15 is 0 Å². The van der Waals surface area contributed by atoms with Crippen molar-refractivity contribution in [3.63, 3.8) is 0 Å². The second kappa shape index (κ2) is 6.24. The Hall–Kier alpha value is -3.52. The number of anilines is 2. The van der Waals surface area contributed by atoms with E-state index in [1.807, 2.05) is 6.92 Å². The van der Waals surface area contributed by atoms with Gasteiger partial charge in [-0.25, -0.2) is 17.1 Å². The van der Waals surface area contributed by atoms with Crippen LogP contribution in [0.2, 0.25) is 0 Å². The first kappa shape index (κ1) is 19.4. The molecule has 0 aromatic heterocycles. The van der Waals surface area contributed by atoms with Crippen molar-refractivity contribution in [3.05, 3.63) is 89.2 Å². The molecule has 3 aromatic carbocycles. The molecule has 0 fully saturated rings. The topological polar surface area (TPSA) is 74.8 Å². The highest BCUT2D eigenvalue weighted by Gasteiger charge is 2.67. The van der Waals surface area contributed by atoms with E-state index in [0.717, 1.165) is 15.9 Å². The van der Waals surface area contributed by atoms with E-state index in [4.69, 9.17) is 0 Å². The normalized spacial score (nSPS) is 19.8. The van der Waals surface area contributed by atoms with Gasteiger partial charge in [0.25, 0.3) is 15.9 Å². The summed E-state index contributed by atoms with van der Waals surface area (Å²) < 4.78 is 42.9. The van der Waals surface area contributed by atoms with Gasteiger partial charge >= 0.3 is 0 Å². The SMILES string of the molecule is Cc1ccc(S(=O)(=O)N2c3ccccc3C(=O)C23C(=O)N(C)c2ccc(F)cc23)cc1. The number of amides is 1. The minimum atomic E-state index is -4.36. The molecule has 2 aliphatic rings. The molecule has 8 heteroatoms. The highest BCUT2D eigenvalue weighted by atomic mass is 32.2. The second-order valence-corrected chi connectivity index (χ2v) is 9.45. The molecule has 0 saturated heterocycles. The fraction of sp³-hybridized carbons (Fsp3) is 0.130. The number of sulfonamides is 1. The fourth-order valence-corrected chi connectivity index (χ4v) is 6.14. The van der Waals surface area contributed by atoms with Gasteiger partial charge in [-0.3, -0.25) is 9.59 Å². The number of hydrogen-bond donors (Lipinski definition) is 0. The molecule has 0 saturated carbocycles. The number of fused-ring (bicyclic) bond motifs is 3.